The third-order valence-electron chi connectivity index (χ3n) is 2.29. The van der Waals surface area contributed by atoms with Crippen LogP contribution in [0.1, 0.15) is 10.4 Å². The number of hydrogen-bond donors (Lipinski definition) is 0. The lowest BCUT2D eigenvalue weighted by Gasteiger charge is -1.96. The van der Waals surface area contributed by atoms with Gasteiger partial charge in [-0.25, -0.2) is 0 Å². The van der Waals surface area contributed by atoms with Crippen LogP contribution in [0, 0.1) is 13.8 Å². The van der Waals surface area contributed by atoms with E-state index in [1.807, 2.05) is 23.5 Å². The molecule has 72 valence electrons. The van der Waals surface area contributed by atoms with Crippen LogP contribution in [-0.4, -0.2) is 0 Å². The second kappa shape index (κ2) is 3.76. The SMILES string of the molecule is Cc1cc(-c2ccc(Cl)cc2)sc1C. The number of aryl methyl sites for hydroxylation is 2. The molecular formula is C12H11ClS. The fourth-order valence-corrected chi connectivity index (χ4v) is 2.49. The highest BCUT2D eigenvalue weighted by atomic mass is 35.5. The van der Waals surface area contributed by atoms with Crippen molar-refractivity contribution >= 4 is 22.9 Å². The molecule has 0 aliphatic carbocycles. The van der Waals surface area contributed by atoms with Crippen molar-refractivity contribution in [3.05, 3.63) is 45.8 Å². The van der Waals surface area contributed by atoms with Crippen molar-refractivity contribution in [2.24, 2.45) is 0 Å². The Bertz CT molecular complexity index is 420. The summed E-state index contributed by atoms with van der Waals surface area (Å²) in [5.41, 5.74) is 2.61. The molecule has 0 fully saturated rings. The zero-order valence-electron chi connectivity index (χ0n) is 8.17. The monoisotopic (exact) mass is 222 g/mol. The summed E-state index contributed by atoms with van der Waals surface area (Å²) in [4.78, 5) is 2.70. The van der Waals surface area contributed by atoms with Gasteiger partial charge in [-0.05, 0) is 43.2 Å². The first-order chi connectivity index (χ1) is 6.66. The second-order valence-electron chi connectivity index (χ2n) is 3.36. The molecule has 0 unspecified atom stereocenters. The summed E-state index contributed by atoms with van der Waals surface area (Å²) in [7, 11) is 0. The molecular weight excluding hydrogens is 212 g/mol. The molecule has 1 aromatic carbocycles. The van der Waals surface area contributed by atoms with Crippen molar-refractivity contribution < 1.29 is 0 Å². The summed E-state index contributed by atoms with van der Waals surface area (Å²) < 4.78 is 0. The fraction of sp³-hybridized carbons (Fsp3) is 0.167. The second-order valence-corrected chi connectivity index (χ2v) is 5.05. The Labute approximate surface area is 93.2 Å². The van der Waals surface area contributed by atoms with E-state index in [4.69, 9.17) is 11.6 Å². The van der Waals surface area contributed by atoms with Gasteiger partial charge < -0.3 is 0 Å². The molecule has 14 heavy (non-hydrogen) atoms. The van der Waals surface area contributed by atoms with E-state index in [2.05, 4.69) is 32.0 Å². The first kappa shape index (κ1) is 9.75. The van der Waals surface area contributed by atoms with E-state index in [0.29, 0.717) is 0 Å². The van der Waals surface area contributed by atoms with Gasteiger partial charge >= 0.3 is 0 Å². The Balaban J connectivity index is 2.44. The van der Waals surface area contributed by atoms with Crippen LogP contribution < -0.4 is 0 Å². The maximum atomic E-state index is 5.84. The van der Waals surface area contributed by atoms with Crippen LogP contribution in [0.15, 0.2) is 30.3 Å². The molecule has 0 radical (unpaired) electrons. The van der Waals surface area contributed by atoms with Gasteiger partial charge in [0.15, 0.2) is 0 Å². The first-order valence-electron chi connectivity index (χ1n) is 4.50. The Morgan fingerprint density at radius 2 is 1.71 bits per heavy atom. The van der Waals surface area contributed by atoms with Crippen molar-refractivity contribution in [3.8, 4) is 10.4 Å². The van der Waals surface area contributed by atoms with E-state index in [0.717, 1.165) is 5.02 Å². The third kappa shape index (κ3) is 1.84. The van der Waals surface area contributed by atoms with Gasteiger partial charge in [-0.3, -0.25) is 0 Å². The average molecular weight is 223 g/mol. The number of halogens is 1. The van der Waals surface area contributed by atoms with Gasteiger partial charge in [0.2, 0.25) is 0 Å². The van der Waals surface area contributed by atoms with Crippen molar-refractivity contribution in [2.75, 3.05) is 0 Å². The molecule has 1 heterocycles. The normalized spacial score (nSPS) is 10.5. The van der Waals surface area contributed by atoms with Crippen LogP contribution in [0.25, 0.3) is 10.4 Å². The molecule has 2 aromatic rings. The van der Waals surface area contributed by atoms with Gasteiger partial charge in [-0.1, -0.05) is 23.7 Å². The van der Waals surface area contributed by atoms with Gasteiger partial charge in [-0.2, -0.15) is 0 Å². The molecule has 2 heteroatoms. The van der Waals surface area contributed by atoms with Gasteiger partial charge in [0.1, 0.15) is 0 Å². The largest absolute Gasteiger partial charge is 0.140 e. The summed E-state index contributed by atoms with van der Waals surface area (Å²) in [6, 6.07) is 10.2. The van der Waals surface area contributed by atoms with E-state index in [1.165, 1.54) is 20.9 Å². The van der Waals surface area contributed by atoms with Crippen LogP contribution >= 0.6 is 22.9 Å². The predicted molar refractivity (Wildman–Crippen MR) is 64.2 cm³/mol. The van der Waals surface area contributed by atoms with E-state index >= 15 is 0 Å². The van der Waals surface area contributed by atoms with Crippen molar-refractivity contribution in [1.29, 1.82) is 0 Å². The Hall–Kier alpha value is -0.790. The van der Waals surface area contributed by atoms with Gasteiger partial charge in [-0.15, -0.1) is 11.3 Å². The quantitative estimate of drug-likeness (QED) is 0.657. The molecule has 0 saturated heterocycles. The highest BCUT2D eigenvalue weighted by Gasteiger charge is 2.03. The number of rotatable bonds is 1. The molecule has 0 bridgehead atoms. The molecule has 0 saturated carbocycles. The van der Waals surface area contributed by atoms with Gasteiger partial charge in [0.05, 0.1) is 0 Å². The minimum Gasteiger partial charge on any atom is -0.140 e. The maximum absolute atomic E-state index is 5.84. The lowest BCUT2D eigenvalue weighted by Crippen LogP contribution is -1.70. The highest BCUT2D eigenvalue weighted by Crippen LogP contribution is 2.31. The summed E-state index contributed by atoms with van der Waals surface area (Å²) in [6.07, 6.45) is 0. The smallest absolute Gasteiger partial charge is 0.0406 e. The number of hydrogen-bond acceptors (Lipinski definition) is 1. The number of thiophene rings is 1. The number of benzene rings is 1. The lowest BCUT2D eigenvalue weighted by atomic mass is 10.1. The van der Waals surface area contributed by atoms with E-state index in [-0.39, 0.29) is 0 Å². The Morgan fingerprint density at radius 3 is 2.21 bits per heavy atom. The molecule has 2 rings (SSSR count). The van der Waals surface area contributed by atoms with Crippen LogP contribution in [-0.2, 0) is 0 Å². The molecule has 0 atom stereocenters. The fourth-order valence-electron chi connectivity index (χ4n) is 1.33. The average Bonchev–Trinajstić information content (AvgIpc) is 2.48. The zero-order valence-corrected chi connectivity index (χ0v) is 9.75. The van der Waals surface area contributed by atoms with Crippen molar-refractivity contribution in [1.82, 2.24) is 0 Å². The topological polar surface area (TPSA) is 0 Å². The summed E-state index contributed by atoms with van der Waals surface area (Å²) in [5, 5.41) is 0.791. The standard InChI is InChI=1S/C12H11ClS/c1-8-7-12(14-9(8)2)10-3-5-11(13)6-4-10/h3-7H,1-2H3. The van der Waals surface area contributed by atoms with E-state index < -0.39 is 0 Å². The van der Waals surface area contributed by atoms with Crippen LogP contribution in [0.5, 0.6) is 0 Å². The van der Waals surface area contributed by atoms with Gasteiger partial charge in [0, 0.05) is 14.8 Å². The zero-order chi connectivity index (χ0) is 10.1. The minimum absolute atomic E-state index is 0.791. The summed E-state index contributed by atoms with van der Waals surface area (Å²) >= 11 is 7.67. The van der Waals surface area contributed by atoms with E-state index in [9.17, 15) is 0 Å². The minimum atomic E-state index is 0.791. The van der Waals surface area contributed by atoms with Crippen molar-refractivity contribution in [2.45, 2.75) is 13.8 Å². The molecule has 0 nitrogen and oxygen atoms in total. The van der Waals surface area contributed by atoms with Crippen LogP contribution in [0.2, 0.25) is 5.02 Å². The van der Waals surface area contributed by atoms with Crippen LogP contribution in [0.3, 0.4) is 0 Å². The lowest BCUT2D eigenvalue weighted by molar-refractivity contribution is 1.44. The molecule has 0 aliphatic heterocycles. The predicted octanol–water partition coefficient (Wildman–Crippen LogP) is 4.69. The van der Waals surface area contributed by atoms with Crippen LogP contribution in [0.4, 0.5) is 0 Å². The van der Waals surface area contributed by atoms with E-state index in [1.54, 1.807) is 0 Å². The maximum Gasteiger partial charge on any atom is 0.0406 e. The summed E-state index contributed by atoms with van der Waals surface area (Å²) in [6.45, 7) is 4.30. The van der Waals surface area contributed by atoms with Crippen molar-refractivity contribution in [3.63, 3.8) is 0 Å². The molecule has 0 amide bonds. The first-order valence-corrected chi connectivity index (χ1v) is 5.69. The highest BCUT2D eigenvalue weighted by molar-refractivity contribution is 7.15. The third-order valence-corrected chi connectivity index (χ3v) is 3.75. The van der Waals surface area contributed by atoms with Gasteiger partial charge in [0.25, 0.3) is 0 Å². The Morgan fingerprint density at radius 1 is 1.07 bits per heavy atom. The Kier molecular flexibility index (Phi) is 2.62. The molecule has 1 aromatic heterocycles. The molecule has 0 N–H and O–H groups in total. The molecule has 0 aliphatic rings. The summed E-state index contributed by atoms with van der Waals surface area (Å²) in [5.74, 6) is 0. The molecule has 0 spiro atoms.